The van der Waals surface area contributed by atoms with Crippen molar-refractivity contribution in [2.75, 3.05) is 7.11 Å². The quantitative estimate of drug-likeness (QED) is 0.611. The number of rotatable bonds is 5. The van der Waals surface area contributed by atoms with Crippen LogP contribution in [0.25, 0.3) is 0 Å². The lowest BCUT2D eigenvalue weighted by Crippen LogP contribution is -2.03. The van der Waals surface area contributed by atoms with Crippen LogP contribution in [0.15, 0.2) is 46.9 Å². The third kappa shape index (κ3) is 3.92. The molecule has 0 amide bonds. The minimum Gasteiger partial charge on any atom is -0.488 e. The van der Waals surface area contributed by atoms with Crippen molar-refractivity contribution in [1.82, 2.24) is 0 Å². The topological polar surface area (TPSA) is 52.6 Å². The maximum Gasteiger partial charge on any atom is 0.337 e. The Kier molecular flexibility index (Phi) is 5.11. The van der Waals surface area contributed by atoms with Crippen LogP contribution >= 0.6 is 15.9 Å². The van der Waals surface area contributed by atoms with Gasteiger partial charge in [-0.25, -0.2) is 4.79 Å². The smallest absolute Gasteiger partial charge is 0.337 e. The van der Waals surface area contributed by atoms with Crippen molar-refractivity contribution in [3.63, 3.8) is 0 Å². The maximum absolute atomic E-state index is 11.5. The molecule has 0 radical (unpaired) electrons. The summed E-state index contributed by atoms with van der Waals surface area (Å²) < 4.78 is 11.1. The average molecular weight is 349 g/mol. The van der Waals surface area contributed by atoms with Gasteiger partial charge in [0.2, 0.25) is 0 Å². The van der Waals surface area contributed by atoms with E-state index in [1.54, 1.807) is 36.4 Å². The molecule has 21 heavy (non-hydrogen) atoms. The van der Waals surface area contributed by atoms with E-state index in [1.807, 2.05) is 6.07 Å². The third-order valence-electron chi connectivity index (χ3n) is 2.84. The molecular weight excluding hydrogens is 336 g/mol. The van der Waals surface area contributed by atoms with E-state index in [0.29, 0.717) is 16.9 Å². The van der Waals surface area contributed by atoms with Crippen LogP contribution in [0.3, 0.4) is 0 Å². The van der Waals surface area contributed by atoms with Crippen molar-refractivity contribution >= 4 is 28.2 Å². The van der Waals surface area contributed by atoms with Crippen LogP contribution in [-0.2, 0) is 11.3 Å². The van der Waals surface area contributed by atoms with Gasteiger partial charge in [-0.2, -0.15) is 0 Å². The van der Waals surface area contributed by atoms with Crippen LogP contribution in [0, 0.1) is 0 Å². The summed E-state index contributed by atoms with van der Waals surface area (Å²) in [6, 6.07) is 12.2. The predicted octanol–water partition coefficient (Wildman–Crippen LogP) is 3.63. The van der Waals surface area contributed by atoms with E-state index in [1.165, 1.54) is 7.11 Å². The lowest BCUT2D eigenvalue weighted by Gasteiger charge is -2.09. The number of carbonyl (C=O) groups excluding carboxylic acids is 2. The van der Waals surface area contributed by atoms with Crippen LogP contribution in [0.4, 0.5) is 0 Å². The number of methoxy groups -OCH3 is 1. The molecule has 0 unspecified atom stereocenters. The van der Waals surface area contributed by atoms with Crippen molar-refractivity contribution < 1.29 is 19.1 Å². The van der Waals surface area contributed by atoms with Gasteiger partial charge < -0.3 is 9.47 Å². The summed E-state index contributed by atoms with van der Waals surface area (Å²) in [5.41, 5.74) is 1.75. The molecule has 0 aliphatic carbocycles. The summed E-state index contributed by atoms with van der Waals surface area (Å²) in [5.74, 6) is 0.103. The third-order valence-corrected chi connectivity index (χ3v) is 3.33. The Bertz CT molecular complexity index is 667. The van der Waals surface area contributed by atoms with Gasteiger partial charge in [-0.3, -0.25) is 4.79 Å². The number of carbonyl (C=O) groups is 2. The molecule has 0 heterocycles. The lowest BCUT2D eigenvalue weighted by atomic mass is 10.1. The fourth-order valence-corrected chi connectivity index (χ4v) is 2.19. The summed E-state index contributed by atoms with van der Waals surface area (Å²) in [7, 11) is 1.34. The first-order chi connectivity index (χ1) is 10.1. The van der Waals surface area contributed by atoms with E-state index >= 15 is 0 Å². The first-order valence-corrected chi connectivity index (χ1v) is 6.98. The SMILES string of the molecule is COC(=O)c1cccc(COc2ccc(Br)cc2C=O)c1. The number of hydrogen-bond acceptors (Lipinski definition) is 4. The Morgan fingerprint density at radius 3 is 2.76 bits per heavy atom. The number of aldehydes is 1. The molecule has 0 aliphatic heterocycles. The fraction of sp³-hybridized carbons (Fsp3) is 0.125. The molecule has 0 atom stereocenters. The minimum atomic E-state index is -0.394. The molecule has 0 aliphatic rings. The highest BCUT2D eigenvalue weighted by Gasteiger charge is 2.07. The minimum absolute atomic E-state index is 0.257. The Hall–Kier alpha value is -2.14. The van der Waals surface area contributed by atoms with Gasteiger partial charge in [0.05, 0.1) is 18.2 Å². The van der Waals surface area contributed by atoms with Crippen LogP contribution in [0.2, 0.25) is 0 Å². The highest BCUT2D eigenvalue weighted by Crippen LogP contribution is 2.22. The normalized spacial score (nSPS) is 10.0. The van der Waals surface area contributed by atoms with Crippen molar-refractivity contribution in [3.8, 4) is 5.75 Å². The number of benzene rings is 2. The molecule has 108 valence electrons. The molecule has 2 aromatic carbocycles. The van der Waals surface area contributed by atoms with E-state index < -0.39 is 5.97 Å². The van der Waals surface area contributed by atoms with Gasteiger partial charge in [0.25, 0.3) is 0 Å². The molecule has 2 rings (SSSR count). The van der Waals surface area contributed by atoms with Gasteiger partial charge in [-0.1, -0.05) is 28.1 Å². The van der Waals surface area contributed by atoms with E-state index in [2.05, 4.69) is 20.7 Å². The van der Waals surface area contributed by atoms with Gasteiger partial charge in [0, 0.05) is 4.47 Å². The summed E-state index contributed by atoms with van der Waals surface area (Å²) in [6.45, 7) is 0.257. The molecule has 5 heteroatoms. The van der Waals surface area contributed by atoms with E-state index in [9.17, 15) is 9.59 Å². The van der Waals surface area contributed by atoms with Crippen LogP contribution in [0.1, 0.15) is 26.3 Å². The van der Waals surface area contributed by atoms with Gasteiger partial charge in [-0.05, 0) is 35.9 Å². The van der Waals surface area contributed by atoms with E-state index in [-0.39, 0.29) is 6.61 Å². The van der Waals surface area contributed by atoms with Crippen molar-refractivity contribution in [1.29, 1.82) is 0 Å². The Morgan fingerprint density at radius 1 is 1.24 bits per heavy atom. The highest BCUT2D eigenvalue weighted by molar-refractivity contribution is 9.10. The summed E-state index contributed by atoms with van der Waals surface area (Å²) in [4.78, 5) is 22.5. The Balaban J connectivity index is 2.13. The van der Waals surface area contributed by atoms with Crippen LogP contribution in [-0.4, -0.2) is 19.4 Å². The molecule has 0 aromatic heterocycles. The van der Waals surface area contributed by atoms with Gasteiger partial charge in [0.1, 0.15) is 12.4 Å². The molecule has 0 fully saturated rings. The summed E-state index contributed by atoms with van der Waals surface area (Å²) in [6.07, 6.45) is 0.741. The highest BCUT2D eigenvalue weighted by atomic mass is 79.9. The zero-order chi connectivity index (χ0) is 15.2. The van der Waals surface area contributed by atoms with Gasteiger partial charge in [0.15, 0.2) is 6.29 Å². The second-order valence-electron chi connectivity index (χ2n) is 4.28. The Morgan fingerprint density at radius 2 is 2.05 bits per heavy atom. The summed E-state index contributed by atoms with van der Waals surface area (Å²) in [5, 5.41) is 0. The average Bonchev–Trinajstić information content (AvgIpc) is 2.53. The molecule has 0 saturated heterocycles. The maximum atomic E-state index is 11.5. The van der Waals surface area contributed by atoms with Crippen molar-refractivity contribution in [3.05, 3.63) is 63.6 Å². The number of esters is 1. The Labute approximate surface area is 130 Å². The number of hydrogen-bond donors (Lipinski definition) is 0. The molecule has 0 saturated carbocycles. The lowest BCUT2D eigenvalue weighted by molar-refractivity contribution is 0.0600. The first kappa shape index (κ1) is 15.3. The fourth-order valence-electron chi connectivity index (χ4n) is 1.81. The zero-order valence-electron chi connectivity index (χ0n) is 11.3. The first-order valence-electron chi connectivity index (χ1n) is 6.19. The van der Waals surface area contributed by atoms with E-state index in [4.69, 9.17) is 4.74 Å². The van der Waals surface area contributed by atoms with Crippen LogP contribution in [0.5, 0.6) is 5.75 Å². The van der Waals surface area contributed by atoms with Crippen molar-refractivity contribution in [2.24, 2.45) is 0 Å². The standard InChI is InChI=1S/C16H13BrO4/c1-20-16(19)12-4-2-3-11(7-12)10-21-15-6-5-14(17)8-13(15)9-18/h2-9H,10H2,1H3. The van der Waals surface area contributed by atoms with Gasteiger partial charge >= 0.3 is 5.97 Å². The van der Waals surface area contributed by atoms with Crippen molar-refractivity contribution in [2.45, 2.75) is 6.61 Å². The number of halogens is 1. The summed E-state index contributed by atoms with van der Waals surface area (Å²) >= 11 is 3.30. The second-order valence-corrected chi connectivity index (χ2v) is 5.20. The van der Waals surface area contributed by atoms with Gasteiger partial charge in [-0.15, -0.1) is 0 Å². The molecule has 4 nitrogen and oxygen atoms in total. The largest absolute Gasteiger partial charge is 0.488 e. The second kappa shape index (κ2) is 7.04. The van der Waals surface area contributed by atoms with E-state index in [0.717, 1.165) is 16.3 Å². The molecule has 0 spiro atoms. The van der Waals surface area contributed by atoms with Crippen LogP contribution < -0.4 is 4.74 Å². The molecular formula is C16H13BrO4. The molecule has 0 N–H and O–H groups in total. The monoisotopic (exact) mass is 348 g/mol. The number of ether oxygens (including phenoxy) is 2. The predicted molar refractivity (Wildman–Crippen MR) is 81.6 cm³/mol. The zero-order valence-corrected chi connectivity index (χ0v) is 12.9. The molecule has 2 aromatic rings. The molecule has 0 bridgehead atoms.